The van der Waals surface area contributed by atoms with Gasteiger partial charge in [0.05, 0.1) is 22.3 Å². The minimum atomic E-state index is -0.274. The summed E-state index contributed by atoms with van der Waals surface area (Å²) in [6, 6.07) is 24.4. The first-order valence-corrected chi connectivity index (χ1v) is 9.39. The van der Waals surface area contributed by atoms with Crippen molar-refractivity contribution in [2.75, 3.05) is 6.61 Å². The Balaban J connectivity index is 1.61. The zero-order chi connectivity index (χ0) is 19.8. The van der Waals surface area contributed by atoms with Gasteiger partial charge in [0.1, 0.15) is 0 Å². The molecule has 4 nitrogen and oxygen atoms in total. The molecule has 0 atom stereocenters. The number of nitrogens with zero attached hydrogens (tertiary/aromatic N) is 1. The van der Waals surface area contributed by atoms with Gasteiger partial charge in [0.25, 0.3) is 5.91 Å². The highest BCUT2D eigenvalue weighted by Gasteiger charge is 2.16. The Labute approximate surface area is 173 Å². The lowest BCUT2D eigenvalue weighted by Crippen LogP contribution is -2.31. The number of hydrogen-bond donors (Lipinski definition) is 1. The molecule has 6 heteroatoms. The monoisotopic (exact) mass is 412 g/mol. The van der Waals surface area contributed by atoms with E-state index in [1.165, 1.54) is 6.21 Å². The van der Waals surface area contributed by atoms with Crippen LogP contribution in [0, 0.1) is 0 Å². The summed E-state index contributed by atoms with van der Waals surface area (Å²) < 4.78 is 0. The summed E-state index contributed by atoms with van der Waals surface area (Å²) in [5.74, 6) is -0.274. The fourth-order valence-electron chi connectivity index (χ4n) is 2.64. The van der Waals surface area contributed by atoms with Crippen molar-refractivity contribution >= 4 is 35.3 Å². The Bertz CT molecular complexity index is 908. The number of nitrogens with one attached hydrogen (secondary N) is 1. The lowest BCUT2D eigenvalue weighted by molar-refractivity contribution is -0.126. The molecule has 0 aliphatic rings. The Hall–Kier alpha value is -2.82. The van der Waals surface area contributed by atoms with E-state index < -0.39 is 0 Å². The van der Waals surface area contributed by atoms with E-state index >= 15 is 0 Å². The molecule has 0 saturated carbocycles. The molecule has 1 amide bonds. The van der Waals surface area contributed by atoms with Gasteiger partial charge in [-0.25, -0.2) is 0 Å². The number of carbonyl (C=O) groups is 1. The smallest absolute Gasteiger partial charge is 0.261 e. The first-order valence-electron chi connectivity index (χ1n) is 8.63. The zero-order valence-corrected chi connectivity index (χ0v) is 16.4. The van der Waals surface area contributed by atoms with Crippen LogP contribution in [0.4, 0.5) is 0 Å². The summed E-state index contributed by atoms with van der Waals surface area (Å²) in [4.78, 5) is 17.5. The topological polar surface area (TPSA) is 50.7 Å². The van der Waals surface area contributed by atoms with E-state index in [2.05, 4.69) is 10.5 Å². The van der Waals surface area contributed by atoms with Gasteiger partial charge in [-0.1, -0.05) is 95.1 Å². The maximum Gasteiger partial charge on any atom is 0.261 e. The maximum absolute atomic E-state index is 12.4. The SMILES string of the molecule is O=C(CON=Cc1ccc(Cl)c(Cl)c1)NC(c1ccccc1)c1ccccc1. The number of rotatable bonds is 7. The highest BCUT2D eigenvalue weighted by molar-refractivity contribution is 6.42. The molecule has 0 heterocycles. The molecule has 0 aliphatic heterocycles. The summed E-state index contributed by atoms with van der Waals surface area (Å²) >= 11 is 11.8. The molecule has 0 unspecified atom stereocenters. The maximum atomic E-state index is 12.4. The minimum Gasteiger partial charge on any atom is -0.386 e. The molecule has 0 radical (unpaired) electrons. The lowest BCUT2D eigenvalue weighted by atomic mass is 9.99. The van der Waals surface area contributed by atoms with Gasteiger partial charge in [-0.15, -0.1) is 0 Å². The largest absolute Gasteiger partial charge is 0.386 e. The number of oxime groups is 1. The van der Waals surface area contributed by atoms with Gasteiger partial charge in [0.15, 0.2) is 6.61 Å². The summed E-state index contributed by atoms with van der Waals surface area (Å²) in [5.41, 5.74) is 2.70. The molecule has 0 bridgehead atoms. The first-order chi connectivity index (χ1) is 13.6. The van der Waals surface area contributed by atoms with Crippen LogP contribution < -0.4 is 5.32 Å². The third-order valence-corrected chi connectivity index (χ3v) is 4.73. The predicted molar refractivity (Wildman–Crippen MR) is 113 cm³/mol. The van der Waals surface area contributed by atoms with Crippen molar-refractivity contribution in [2.45, 2.75) is 6.04 Å². The highest BCUT2D eigenvalue weighted by atomic mass is 35.5. The van der Waals surface area contributed by atoms with Crippen molar-refractivity contribution in [3.05, 3.63) is 106 Å². The molecule has 1 N–H and O–H groups in total. The van der Waals surface area contributed by atoms with E-state index in [-0.39, 0.29) is 18.6 Å². The van der Waals surface area contributed by atoms with Gasteiger partial charge in [0, 0.05) is 0 Å². The van der Waals surface area contributed by atoms with Crippen molar-refractivity contribution in [3.8, 4) is 0 Å². The lowest BCUT2D eigenvalue weighted by Gasteiger charge is -2.19. The van der Waals surface area contributed by atoms with Crippen LogP contribution in [0.2, 0.25) is 10.0 Å². The zero-order valence-electron chi connectivity index (χ0n) is 14.9. The minimum absolute atomic E-state index is 0.200. The number of hydrogen-bond acceptors (Lipinski definition) is 3. The van der Waals surface area contributed by atoms with Crippen LogP contribution in [0.5, 0.6) is 0 Å². The van der Waals surface area contributed by atoms with Crippen molar-refractivity contribution < 1.29 is 9.63 Å². The fourth-order valence-corrected chi connectivity index (χ4v) is 2.95. The second-order valence-corrected chi connectivity index (χ2v) is 6.82. The van der Waals surface area contributed by atoms with Crippen LogP contribution in [-0.2, 0) is 9.63 Å². The van der Waals surface area contributed by atoms with Crippen LogP contribution in [-0.4, -0.2) is 18.7 Å². The van der Waals surface area contributed by atoms with Gasteiger partial charge in [-0.3, -0.25) is 4.79 Å². The molecule has 3 aromatic carbocycles. The molecule has 3 rings (SSSR count). The van der Waals surface area contributed by atoms with E-state index in [1.807, 2.05) is 60.7 Å². The Kier molecular flexibility index (Phi) is 7.06. The highest BCUT2D eigenvalue weighted by Crippen LogP contribution is 2.22. The second-order valence-electron chi connectivity index (χ2n) is 6.00. The Morgan fingerprint density at radius 2 is 1.54 bits per heavy atom. The van der Waals surface area contributed by atoms with Crippen molar-refractivity contribution in [1.29, 1.82) is 0 Å². The van der Waals surface area contributed by atoms with Crippen LogP contribution in [0.25, 0.3) is 0 Å². The average molecular weight is 413 g/mol. The van der Waals surface area contributed by atoms with E-state index in [4.69, 9.17) is 28.0 Å². The van der Waals surface area contributed by atoms with E-state index in [9.17, 15) is 4.79 Å². The molecular weight excluding hydrogens is 395 g/mol. The van der Waals surface area contributed by atoms with Gasteiger partial charge in [-0.05, 0) is 28.8 Å². The van der Waals surface area contributed by atoms with E-state index in [1.54, 1.807) is 18.2 Å². The van der Waals surface area contributed by atoms with Crippen molar-refractivity contribution in [1.82, 2.24) is 5.32 Å². The van der Waals surface area contributed by atoms with Gasteiger partial charge in [-0.2, -0.15) is 0 Å². The van der Waals surface area contributed by atoms with Gasteiger partial charge in [0.2, 0.25) is 0 Å². The molecule has 3 aromatic rings. The molecule has 0 saturated heterocycles. The molecule has 142 valence electrons. The molecule has 0 spiro atoms. The third-order valence-electron chi connectivity index (χ3n) is 3.99. The number of amides is 1. The predicted octanol–water partition coefficient (Wildman–Crippen LogP) is 5.25. The quantitative estimate of drug-likeness (QED) is 0.425. The van der Waals surface area contributed by atoms with Gasteiger partial charge < -0.3 is 10.2 Å². The van der Waals surface area contributed by atoms with Gasteiger partial charge >= 0.3 is 0 Å². The van der Waals surface area contributed by atoms with E-state index in [0.717, 1.165) is 16.7 Å². The van der Waals surface area contributed by atoms with Crippen LogP contribution in [0.3, 0.4) is 0 Å². The number of carbonyl (C=O) groups excluding carboxylic acids is 1. The molecule has 0 aliphatic carbocycles. The van der Waals surface area contributed by atoms with Crippen LogP contribution >= 0.6 is 23.2 Å². The average Bonchev–Trinajstić information content (AvgIpc) is 2.73. The summed E-state index contributed by atoms with van der Waals surface area (Å²) in [6.45, 7) is -0.200. The standard InChI is InChI=1S/C22H18Cl2N2O2/c23-19-12-11-16(13-20(19)24)14-25-28-15-21(27)26-22(17-7-3-1-4-8-17)18-9-5-2-6-10-18/h1-14,22H,15H2,(H,26,27). The van der Waals surface area contributed by atoms with Crippen LogP contribution in [0.1, 0.15) is 22.7 Å². The summed E-state index contributed by atoms with van der Waals surface area (Å²) in [7, 11) is 0. The Morgan fingerprint density at radius 1 is 0.929 bits per heavy atom. The number of benzene rings is 3. The summed E-state index contributed by atoms with van der Waals surface area (Å²) in [5, 5.41) is 7.70. The van der Waals surface area contributed by atoms with Crippen LogP contribution in [0.15, 0.2) is 84.0 Å². The number of halogens is 2. The van der Waals surface area contributed by atoms with Crippen molar-refractivity contribution in [2.24, 2.45) is 5.16 Å². The fraction of sp³-hybridized carbons (Fsp3) is 0.0909. The van der Waals surface area contributed by atoms with E-state index in [0.29, 0.717) is 10.0 Å². The summed E-state index contributed by atoms with van der Waals surface area (Å²) in [6.07, 6.45) is 1.47. The molecule has 0 fully saturated rings. The Morgan fingerprint density at radius 3 is 2.11 bits per heavy atom. The third kappa shape index (κ3) is 5.59. The first kappa shape index (κ1) is 19.9. The normalized spacial score (nSPS) is 11.0. The molecule has 0 aromatic heterocycles. The van der Waals surface area contributed by atoms with Crippen molar-refractivity contribution in [3.63, 3.8) is 0 Å². The molecule has 28 heavy (non-hydrogen) atoms. The second kappa shape index (κ2) is 9.93. The molecular formula is C22H18Cl2N2O2.